The Morgan fingerprint density at radius 1 is 1.00 bits per heavy atom. The molecule has 2 aromatic carbocycles. The Bertz CT molecular complexity index is 959. The zero-order valence-electron chi connectivity index (χ0n) is 20.1. The zero-order chi connectivity index (χ0) is 23.4. The molecule has 0 spiro atoms. The van der Waals surface area contributed by atoms with Gasteiger partial charge in [0.05, 0.1) is 5.92 Å². The van der Waals surface area contributed by atoms with Crippen molar-refractivity contribution in [3.05, 3.63) is 54.1 Å². The third kappa shape index (κ3) is 5.86. The molecule has 0 aromatic heterocycles. The maximum atomic E-state index is 12.4. The summed E-state index contributed by atoms with van der Waals surface area (Å²) < 4.78 is 0. The number of hydrogen-bond acceptors (Lipinski definition) is 4. The summed E-state index contributed by atoms with van der Waals surface area (Å²) in [6, 6.07) is 16.7. The molecule has 0 aliphatic carbocycles. The highest BCUT2D eigenvalue weighted by Gasteiger charge is 2.33. The molecule has 2 amide bonds. The van der Waals surface area contributed by atoms with Crippen molar-refractivity contribution in [3.8, 4) is 0 Å². The molecule has 2 aliphatic rings. The second-order valence-corrected chi connectivity index (χ2v) is 10.1. The van der Waals surface area contributed by atoms with E-state index in [-0.39, 0.29) is 17.7 Å². The largest absolute Gasteiger partial charge is 0.371 e. The first kappa shape index (κ1) is 23.1. The molecule has 2 fully saturated rings. The minimum absolute atomic E-state index is 0.0427. The van der Waals surface area contributed by atoms with Crippen molar-refractivity contribution < 1.29 is 9.59 Å². The third-order valence-electron chi connectivity index (χ3n) is 7.03. The van der Waals surface area contributed by atoms with Crippen molar-refractivity contribution in [2.75, 3.05) is 36.4 Å². The minimum Gasteiger partial charge on any atom is -0.371 e. The molecule has 33 heavy (non-hydrogen) atoms. The van der Waals surface area contributed by atoms with E-state index in [0.717, 1.165) is 30.0 Å². The molecule has 2 saturated heterocycles. The highest BCUT2D eigenvalue weighted by atomic mass is 16.2. The number of likely N-dealkylation sites (tertiary alicyclic amines) is 1. The van der Waals surface area contributed by atoms with Crippen LogP contribution in [-0.2, 0) is 16.1 Å². The Kier molecular flexibility index (Phi) is 6.91. The summed E-state index contributed by atoms with van der Waals surface area (Å²) in [5, 5.41) is 6.43. The van der Waals surface area contributed by atoms with E-state index in [4.69, 9.17) is 0 Å². The molecule has 2 aromatic rings. The molecule has 1 unspecified atom stereocenters. The SMILES string of the molecule is CCN1CC(C(=O)NCc2ccc(Nc3ccc(N4CCC(C)(C)CC4)cc3)cc2)CC1=O. The van der Waals surface area contributed by atoms with E-state index < -0.39 is 0 Å². The average molecular weight is 449 g/mol. The highest BCUT2D eigenvalue weighted by Crippen LogP contribution is 2.32. The molecular weight excluding hydrogens is 412 g/mol. The fourth-order valence-electron chi connectivity index (χ4n) is 4.59. The van der Waals surface area contributed by atoms with Gasteiger partial charge in [-0.2, -0.15) is 0 Å². The standard InChI is InChI=1S/C27H36N4O2/c1-4-30-19-21(17-25(30)32)26(33)28-18-20-5-7-22(8-6-20)29-23-9-11-24(12-10-23)31-15-13-27(2,3)14-16-31/h5-12,21,29H,4,13-19H2,1-3H3,(H,28,33). The number of benzene rings is 2. The second-order valence-electron chi connectivity index (χ2n) is 10.1. The van der Waals surface area contributed by atoms with Gasteiger partial charge in [0.2, 0.25) is 11.8 Å². The van der Waals surface area contributed by atoms with E-state index in [0.29, 0.717) is 31.5 Å². The van der Waals surface area contributed by atoms with Crippen molar-refractivity contribution in [1.29, 1.82) is 0 Å². The first-order chi connectivity index (χ1) is 15.8. The van der Waals surface area contributed by atoms with Crippen LogP contribution in [0.25, 0.3) is 0 Å². The summed E-state index contributed by atoms with van der Waals surface area (Å²) in [6.07, 6.45) is 2.78. The summed E-state index contributed by atoms with van der Waals surface area (Å²) >= 11 is 0. The van der Waals surface area contributed by atoms with Crippen LogP contribution in [-0.4, -0.2) is 42.9 Å². The van der Waals surface area contributed by atoms with Crippen LogP contribution in [0.15, 0.2) is 48.5 Å². The van der Waals surface area contributed by atoms with Crippen LogP contribution in [0, 0.1) is 11.3 Å². The molecule has 6 heteroatoms. The van der Waals surface area contributed by atoms with Gasteiger partial charge < -0.3 is 20.4 Å². The van der Waals surface area contributed by atoms with Crippen molar-refractivity contribution >= 4 is 28.9 Å². The molecule has 4 rings (SSSR count). The van der Waals surface area contributed by atoms with Gasteiger partial charge in [0.15, 0.2) is 0 Å². The van der Waals surface area contributed by atoms with Gasteiger partial charge in [-0.1, -0.05) is 26.0 Å². The highest BCUT2D eigenvalue weighted by molar-refractivity contribution is 5.89. The number of rotatable bonds is 7. The van der Waals surface area contributed by atoms with Crippen LogP contribution in [0.2, 0.25) is 0 Å². The summed E-state index contributed by atoms with van der Waals surface area (Å²) in [7, 11) is 0. The molecular formula is C27H36N4O2. The maximum absolute atomic E-state index is 12.4. The van der Waals surface area contributed by atoms with Gasteiger partial charge in [-0.25, -0.2) is 0 Å². The Morgan fingerprint density at radius 2 is 1.61 bits per heavy atom. The molecule has 176 valence electrons. The van der Waals surface area contributed by atoms with E-state index in [2.05, 4.69) is 53.6 Å². The molecule has 2 aliphatic heterocycles. The normalized spacial score (nSPS) is 20.1. The van der Waals surface area contributed by atoms with Crippen molar-refractivity contribution in [3.63, 3.8) is 0 Å². The molecule has 6 nitrogen and oxygen atoms in total. The molecule has 2 heterocycles. The van der Waals surface area contributed by atoms with E-state index in [9.17, 15) is 9.59 Å². The lowest BCUT2D eigenvalue weighted by atomic mass is 9.82. The Balaban J connectivity index is 1.26. The lowest BCUT2D eigenvalue weighted by Gasteiger charge is -2.38. The lowest BCUT2D eigenvalue weighted by molar-refractivity contribution is -0.128. The topological polar surface area (TPSA) is 64.7 Å². The predicted molar refractivity (Wildman–Crippen MR) is 134 cm³/mol. The number of carbonyl (C=O) groups is 2. The molecule has 0 saturated carbocycles. The van der Waals surface area contributed by atoms with E-state index >= 15 is 0 Å². The fourth-order valence-corrected chi connectivity index (χ4v) is 4.59. The molecule has 0 bridgehead atoms. The Morgan fingerprint density at radius 3 is 2.18 bits per heavy atom. The van der Waals surface area contributed by atoms with Crippen LogP contribution < -0.4 is 15.5 Å². The number of amides is 2. The van der Waals surface area contributed by atoms with Gasteiger partial charge >= 0.3 is 0 Å². The predicted octanol–water partition coefficient (Wildman–Crippen LogP) is 4.54. The quantitative estimate of drug-likeness (QED) is 0.653. The number of hydrogen-bond donors (Lipinski definition) is 2. The monoisotopic (exact) mass is 448 g/mol. The maximum Gasteiger partial charge on any atom is 0.225 e. The van der Waals surface area contributed by atoms with Gasteiger partial charge in [0, 0.05) is 56.2 Å². The van der Waals surface area contributed by atoms with Crippen LogP contribution in [0.3, 0.4) is 0 Å². The Labute approximate surface area is 197 Å². The smallest absolute Gasteiger partial charge is 0.225 e. The first-order valence-electron chi connectivity index (χ1n) is 12.1. The number of nitrogens with one attached hydrogen (secondary N) is 2. The van der Waals surface area contributed by atoms with Gasteiger partial charge in [0.1, 0.15) is 0 Å². The Hall–Kier alpha value is -3.02. The first-order valence-corrected chi connectivity index (χ1v) is 12.1. The number of carbonyl (C=O) groups excluding carboxylic acids is 2. The van der Waals surface area contributed by atoms with Crippen LogP contribution in [0.1, 0.15) is 45.6 Å². The number of anilines is 3. The van der Waals surface area contributed by atoms with E-state index in [1.165, 1.54) is 18.5 Å². The summed E-state index contributed by atoms with van der Waals surface area (Å²) in [5.41, 5.74) is 4.85. The zero-order valence-corrected chi connectivity index (χ0v) is 20.1. The van der Waals surface area contributed by atoms with Gasteiger partial charge in [0.25, 0.3) is 0 Å². The van der Waals surface area contributed by atoms with Gasteiger partial charge in [-0.15, -0.1) is 0 Å². The summed E-state index contributed by atoms with van der Waals surface area (Å²) in [4.78, 5) is 28.5. The van der Waals surface area contributed by atoms with Crippen LogP contribution in [0.5, 0.6) is 0 Å². The molecule has 0 radical (unpaired) electrons. The van der Waals surface area contributed by atoms with Crippen LogP contribution in [0.4, 0.5) is 17.1 Å². The van der Waals surface area contributed by atoms with Gasteiger partial charge in [-0.3, -0.25) is 9.59 Å². The number of nitrogens with zero attached hydrogens (tertiary/aromatic N) is 2. The fraction of sp³-hybridized carbons (Fsp3) is 0.481. The lowest BCUT2D eigenvalue weighted by Crippen LogP contribution is -2.37. The summed E-state index contributed by atoms with van der Waals surface area (Å²) in [6.45, 7) is 10.5. The number of piperidine rings is 1. The summed E-state index contributed by atoms with van der Waals surface area (Å²) in [5.74, 6) is -0.211. The van der Waals surface area contributed by atoms with Crippen LogP contribution >= 0.6 is 0 Å². The van der Waals surface area contributed by atoms with Crippen molar-refractivity contribution in [2.45, 2.75) is 46.6 Å². The van der Waals surface area contributed by atoms with E-state index in [1.54, 1.807) is 4.90 Å². The van der Waals surface area contributed by atoms with Gasteiger partial charge in [-0.05, 0) is 67.1 Å². The van der Waals surface area contributed by atoms with Crippen molar-refractivity contribution in [2.24, 2.45) is 11.3 Å². The average Bonchev–Trinajstić information content (AvgIpc) is 3.20. The minimum atomic E-state index is -0.238. The molecule has 1 atom stereocenters. The van der Waals surface area contributed by atoms with Crippen molar-refractivity contribution in [1.82, 2.24) is 10.2 Å². The molecule has 2 N–H and O–H groups in total. The third-order valence-corrected chi connectivity index (χ3v) is 7.03. The second kappa shape index (κ2) is 9.86. The van der Waals surface area contributed by atoms with E-state index in [1.807, 2.05) is 31.2 Å².